The van der Waals surface area contributed by atoms with Gasteiger partial charge in [-0.25, -0.2) is 14.4 Å². The number of thioether (sulfide) groups is 1. The van der Waals surface area contributed by atoms with Crippen molar-refractivity contribution >= 4 is 45.7 Å². The third kappa shape index (κ3) is 3.52. The Morgan fingerprint density at radius 2 is 2.29 bits per heavy atom. The number of rotatable bonds is 3. The molecule has 0 aliphatic carbocycles. The lowest BCUT2D eigenvalue weighted by molar-refractivity contribution is -0.113. The maximum Gasteiger partial charge on any atom is 0.234 e. The highest BCUT2D eigenvalue weighted by Crippen LogP contribution is 2.34. The van der Waals surface area contributed by atoms with Crippen LogP contribution >= 0.6 is 23.4 Å². The van der Waals surface area contributed by atoms with Crippen LogP contribution in [-0.4, -0.2) is 26.8 Å². The number of aromatic hydroxyl groups is 1. The number of amides is 1. The number of anilines is 1. The number of halogens is 2. The second-order valence-electron chi connectivity index (χ2n) is 5.22. The zero-order chi connectivity index (χ0) is 17.3. The minimum Gasteiger partial charge on any atom is -0.505 e. The topological polar surface area (TPSA) is 74.6 Å². The van der Waals surface area contributed by atoms with Gasteiger partial charge in [-0.2, -0.15) is 0 Å². The summed E-state index contributed by atoms with van der Waals surface area (Å²) in [6.45, 7) is 1.89. The van der Waals surface area contributed by atoms with Crippen molar-refractivity contribution in [3.63, 3.8) is 0 Å². The molecule has 0 bridgehead atoms. The third-order valence-electron chi connectivity index (χ3n) is 3.54. The van der Waals surface area contributed by atoms with Crippen LogP contribution in [0.1, 0.15) is 11.1 Å². The zero-order valence-corrected chi connectivity index (χ0v) is 14.2. The van der Waals surface area contributed by atoms with Crippen LogP contribution in [0.4, 0.5) is 15.8 Å². The van der Waals surface area contributed by atoms with E-state index in [0.29, 0.717) is 17.3 Å². The van der Waals surface area contributed by atoms with Crippen LogP contribution < -0.4 is 5.32 Å². The Morgan fingerprint density at radius 3 is 3.04 bits per heavy atom. The maximum absolute atomic E-state index is 13.0. The van der Waals surface area contributed by atoms with Gasteiger partial charge in [-0.1, -0.05) is 11.6 Å². The number of carbonyl (C=O) groups excluding carboxylic acids is 1. The Bertz CT molecular complexity index is 857. The molecular weight excluding hydrogens is 353 g/mol. The van der Waals surface area contributed by atoms with Crippen LogP contribution in [0.5, 0.6) is 5.75 Å². The molecule has 1 aromatic heterocycles. The van der Waals surface area contributed by atoms with E-state index in [4.69, 9.17) is 11.6 Å². The lowest BCUT2D eigenvalue weighted by atomic mass is 10.1. The molecule has 1 aliphatic heterocycles. The van der Waals surface area contributed by atoms with E-state index in [0.717, 1.165) is 34.0 Å². The Balaban J connectivity index is 1.58. The van der Waals surface area contributed by atoms with E-state index in [1.807, 2.05) is 6.92 Å². The van der Waals surface area contributed by atoms with Crippen LogP contribution in [0.15, 0.2) is 29.4 Å². The molecule has 0 saturated carbocycles. The summed E-state index contributed by atoms with van der Waals surface area (Å²) in [6, 6.07) is 3.64. The quantitative estimate of drug-likeness (QED) is 0.810. The number of benzene rings is 1. The van der Waals surface area contributed by atoms with Crippen LogP contribution in [0.3, 0.4) is 0 Å². The third-order valence-corrected chi connectivity index (χ3v) is 4.90. The molecule has 0 atom stereocenters. The van der Waals surface area contributed by atoms with Crippen molar-refractivity contribution in [3.8, 4) is 5.75 Å². The first-order valence-electron chi connectivity index (χ1n) is 7.06. The largest absolute Gasteiger partial charge is 0.505 e. The fourth-order valence-corrected chi connectivity index (χ4v) is 3.22. The molecule has 3 rings (SSSR count). The first-order valence-corrected chi connectivity index (χ1v) is 8.43. The summed E-state index contributed by atoms with van der Waals surface area (Å²) < 4.78 is 13.0. The standard InChI is InChI=1S/C16H13ClFN3O2S/c1-8-10-5-15(21-12(10)6-19-16(8)17)24-7-14(23)20-9-2-3-11(18)13(22)4-9/h2-4,6,22H,5,7H2,1H3,(H,20,23). The fourth-order valence-electron chi connectivity index (χ4n) is 2.27. The molecule has 0 fully saturated rings. The monoisotopic (exact) mass is 365 g/mol. The summed E-state index contributed by atoms with van der Waals surface area (Å²) in [4.78, 5) is 20.5. The zero-order valence-electron chi connectivity index (χ0n) is 12.6. The second-order valence-corrected chi connectivity index (χ2v) is 6.63. The molecular formula is C16H13ClFN3O2S. The summed E-state index contributed by atoms with van der Waals surface area (Å²) in [5.41, 5.74) is 3.05. The molecule has 0 saturated heterocycles. The van der Waals surface area contributed by atoms with Crippen molar-refractivity contribution in [1.29, 1.82) is 0 Å². The minimum absolute atomic E-state index is 0.158. The lowest BCUT2D eigenvalue weighted by Gasteiger charge is -2.06. The van der Waals surface area contributed by atoms with E-state index in [2.05, 4.69) is 15.3 Å². The second kappa shape index (κ2) is 6.78. The number of nitrogens with one attached hydrogen (secondary N) is 1. The molecule has 8 heteroatoms. The van der Waals surface area contributed by atoms with Gasteiger partial charge in [-0.15, -0.1) is 11.8 Å². The Labute approximate surface area is 147 Å². The first kappa shape index (κ1) is 16.7. The van der Waals surface area contributed by atoms with E-state index in [1.54, 1.807) is 6.20 Å². The van der Waals surface area contributed by atoms with Crippen molar-refractivity contribution in [3.05, 3.63) is 46.5 Å². The van der Waals surface area contributed by atoms with Gasteiger partial charge in [-0.05, 0) is 30.2 Å². The average molecular weight is 366 g/mol. The van der Waals surface area contributed by atoms with Gasteiger partial charge in [-0.3, -0.25) is 4.79 Å². The van der Waals surface area contributed by atoms with Crippen LogP contribution in [0.25, 0.3) is 0 Å². The van der Waals surface area contributed by atoms with Crippen molar-refractivity contribution in [1.82, 2.24) is 4.98 Å². The molecule has 2 aromatic rings. The van der Waals surface area contributed by atoms with Crippen LogP contribution in [-0.2, 0) is 11.2 Å². The maximum atomic E-state index is 13.0. The van der Waals surface area contributed by atoms with E-state index in [1.165, 1.54) is 17.8 Å². The Kier molecular flexibility index (Phi) is 4.73. The number of nitrogens with zero attached hydrogens (tertiary/aromatic N) is 2. The van der Waals surface area contributed by atoms with Gasteiger partial charge in [0, 0.05) is 18.2 Å². The summed E-state index contributed by atoms with van der Waals surface area (Å²) in [6.07, 6.45) is 2.25. The van der Waals surface area contributed by atoms with Gasteiger partial charge in [0.15, 0.2) is 11.6 Å². The van der Waals surface area contributed by atoms with E-state index in [-0.39, 0.29) is 11.7 Å². The number of aromatic nitrogens is 1. The van der Waals surface area contributed by atoms with Crippen LogP contribution in [0, 0.1) is 12.7 Å². The number of aliphatic imine (C=N–C) groups is 1. The molecule has 5 nitrogen and oxygen atoms in total. The molecule has 2 N–H and O–H groups in total. The number of phenols is 1. The Morgan fingerprint density at radius 1 is 1.50 bits per heavy atom. The number of hydrogen-bond acceptors (Lipinski definition) is 5. The summed E-state index contributed by atoms with van der Waals surface area (Å²) in [5, 5.41) is 13.2. The van der Waals surface area contributed by atoms with Crippen molar-refractivity contribution in [2.75, 3.05) is 11.1 Å². The van der Waals surface area contributed by atoms with Crippen molar-refractivity contribution < 1.29 is 14.3 Å². The highest BCUT2D eigenvalue weighted by atomic mass is 35.5. The van der Waals surface area contributed by atoms with Crippen LogP contribution in [0.2, 0.25) is 5.15 Å². The number of pyridine rings is 1. The van der Waals surface area contributed by atoms with Crippen molar-refractivity contribution in [2.45, 2.75) is 13.3 Å². The first-order chi connectivity index (χ1) is 11.4. The normalized spacial score (nSPS) is 12.7. The molecule has 124 valence electrons. The molecule has 0 spiro atoms. The van der Waals surface area contributed by atoms with Gasteiger partial charge < -0.3 is 10.4 Å². The summed E-state index contributed by atoms with van der Waals surface area (Å²) in [5.74, 6) is -1.35. The highest BCUT2D eigenvalue weighted by Gasteiger charge is 2.20. The van der Waals surface area contributed by atoms with E-state index < -0.39 is 11.6 Å². The average Bonchev–Trinajstić information content (AvgIpc) is 2.97. The fraction of sp³-hybridized carbons (Fsp3) is 0.188. The predicted molar refractivity (Wildman–Crippen MR) is 93.9 cm³/mol. The van der Waals surface area contributed by atoms with E-state index in [9.17, 15) is 14.3 Å². The van der Waals surface area contributed by atoms with Crippen molar-refractivity contribution in [2.24, 2.45) is 4.99 Å². The summed E-state index contributed by atoms with van der Waals surface area (Å²) >= 11 is 7.32. The molecule has 1 aliphatic rings. The highest BCUT2D eigenvalue weighted by molar-refractivity contribution is 8.14. The predicted octanol–water partition coefficient (Wildman–Crippen LogP) is 3.85. The number of hydrogen-bond donors (Lipinski definition) is 2. The SMILES string of the molecule is Cc1c(Cl)ncc2c1CC(SCC(=O)Nc1ccc(F)c(O)c1)=N2. The minimum atomic E-state index is -0.733. The lowest BCUT2D eigenvalue weighted by Crippen LogP contribution is -2.15. The molecule has 1 amide bonds. The van der Waals surface area contributed by atoms with Gasteiger partial charge in [0.25, 0.3) is 0 Å². The number of carbonyl (C=O) groups is 1. The van der Waals surface area contributed by atoms with Gasteiger partial charge in [0.2, 0.25) is 5.91 Å². The molecule has 2 heterocycles. The molecule has 24 heavy (non-hydrogen) atoms. The number of fused-ring (bicyclic) bond motifs is 1. The number of phenolic OH excluding ortho intramolecular Hbond substituents is 1. The smallest absolute Gasteiger partial charge is 0.234 e. The molecule has 0 radical (unpaired) electrons. The molecule has 0 unspecified atom stereocenters. The van der Waals surface area contributed by atoms with Gasteiger partial charge >= 0.3 is 0 Å². The van der Waals surface area contributed by atoms with Gasteiger partial charge in [0.05, 0.1) is 22.7 Å². The van der Waals surface area contributed by atoms with Gasteiger partial charge in [0.1, 0.15) is 5.15 Å². The van der Waals surface area contributed by atoms with E-state index >= 15 is 0 Å². The Hall–Kier alpha value is -2.12. The summed E-state index contributed by atoms with van der Waals surface area (Å²) in [7, 11) is 0. The molecule has 1 aromatic carbocycles.